The summed E-state index contributed by atoms with van der Waals surface area (Å²) in [4.78, 5) is 31.6. The monoisotopic (exact) mass is 1160 g/mol. The first-order chi connectivity index (χ1) is 43.5. The highest BCUT2D eigenvalue weighted by molar-refractivity contribution is 6.28. The van der Waals surface area contributed by atoms with Gasteiger partial charge in [-0.2, -0.15) is 19.9 Å². The van der Waals surface area contributed by atoms with Gasteiger partial charge in [0.05, 0.1) is 11.0 Å². The average Bonchev–Trinajstić information content (AvgIpc) is 1.60. The molecule has 1 N–H and O–H groups in total. The Kier molecular flexibility index (Phi) is 12.7. The van der Waals surface area contributed by atoms with Crippen molar-refractivity contribution in [3.8, 4) is 73.8 Å². The Hall–Kier alpha value is -10.9. The third kappa shape index (κ3) is 9.05. The van der Waals surface area contributed by atoms with Crippen LogP contribution in [0.1, 0.15) is 49.9 Å². The van der Waals surface area contributed by atoms with Crippen LogP contribution in [0.3, 0.4) is 0 Å². The number of hydrogen-bond donors (Lipinski definition) is 1. The molecule has 0 spiro atoms. The van der Waals surface area contributed by atoms with Gasteiger partial charge in [-0.25, -0.2) is 9.97 Å². The highest BCUT2D eigenvalue weighted by Gasteiger charge is 2.39. The van der Waals surface area contributed by atoms with Crippen LogP contribution in [0.2, 0.25) is 5.28 Å². The Morgan fingerprint density at radius 1 is 0.315 bits per heavy atom. The minimum absolute atomic E-state index is 0.0141. The molecular weight excluding hydrogens is 1110 g/mol. The zero-order chi connectivity index (χ0) is 60.0. The van der Waals surface area contributed by atoms with Crippen molar-refractivity contribution in [2.24, 2.45) is 0 Å². The van der Waals surface area contributed by atoms with Gasteiger partial charge >= 0.3 is 0 Å². The van der Waals surface area contributed by atoms with Gasteiger partial charge in [0.15, 0.2) is 23.3 Å². The van der Waals surface area contributed by atoms with Crippen molar-refractivity contribution in [2.45, 2.75) is 38.5 Å². The van der Waals surface area contributed by atoms with Gasteiger partial charge in [0.2, 0.25) is 11.2 Å². The molecule has 2 aliphatic rings. The lowest BCUT2D eigenvalue weighted by atomic mass is 9.82. The number of aromatic amines is 1. The van der Waals surface area contributed by atoms with Gasteiger partial charge in [0.1, 0.15) is 0 Å². The Morgan fingerprint density at radius 3 is 1.22 bits per heavy atom. The van der Waals surface area contributed by atoms with Gasteiger partial charge in [-0.3, -0.25) is 4.57 Å². The number of rotatable bonds is 5. The molecule has 4 aromatic heterocycles. The quantitative estimate of drug-likeness (QED) is 0.184. The van der Waals surface area contributed by atoms with Crippen LogP contribution in [-0.2, 0) is 10.8 Å². The highest BCUT2D eigenvalue weighted by Crippen LogP contribution is 2.55. The molecule has 89 heavy (non-hydrogen) atoms. The molecule has 0 radical (unpaired) electrons. The summed E-state index contributed by atoms with van der Waals surface area (Å²) >= 11 is 5.99. The third-order valence-corrected chi connectivity index (χ3v) is 18.3. The van der Waals surface area contributed by atoms with Crippen LogP contribution in [-0.4, -0.2) is 39.5 Å². The molecule has 0 fully saturated rings. The van der Waals surface area contributed by atoms with E-state index in [0.29, 0.717) is 29.2 Å². The molecule has 2 aliphatic carbocycles. The number of aromatic nitrogens is 8. The Labute approximate surface area is 519 Å². The van der Waals surface area contributed by atoms with Crippen LogP contribution < -0.4 is 0 Å². The molecule has 18 rings (SSSR count). The topological polar surface area (TPSA) is 98.1 Å². The van der Waals surface area contributed by atoms with Crippen LogP contribution >= 0.6 is 11.6 Å². The zero-order valence-electron chi connectivity index (χ0n) is 49.4. The van der Waals surface area contributed by atoms with Gasteiger partial charge < -0.3 is 4.98 Å². The van der Waals surface area contributed by atoms with Crippen molar-refractivity contribution < 1.29 is 0 Å². The lowest BCUT2D eigenvalue weighted by molar-refractivity contribution is 0.661. The molecule has 0 saturated heterocycles. The number of H-pyrrole nitrogens is 1. The predicted molar refractivity (Wildman–Crippen MR) is 367 cm³/mol. The van der Waals surface area contributed by atoms with Crippen molar-refractivity contribution in [2.75, 3.05) is 0 Å². The smallest absolute Gasteiger partial charge is 0.238 e. The van der Waals surface area contributed by atoms with Crippen molar-refractivity contribution in [1.29, 1.82) is 0 Å². The SMILES string of the molecule is CC1(C)c2cc3[nH]c4ccccc4c3cc2-c2c1ccc1ccccc21.CC1(C)c2cc3c(cc2-c2c1ccc1ccccc21)c1ccccc1n3-c1nc(-c2ccccc2)nc(-c2ccccc2)n1.Clc1nc(-c2ccccc2)nc(-c2ccccc2)n1. The summed E-state index contributed by atoms with van der Waals surface area (Å²) < 4.78 is 2.22. The summed E-state index contributed by atoms with van der Waals surface area (Å²) in [7, 11) is 0. The van der Waals surface area contributed by atoms with E-state index in [2.05, 4.69) is 222 Å². The van der Waals surface area contributed by atoms with Crippen LogP contribution in [0.5, 0.6) is 0 Å². The Morgan fingerprint density at radius 2 is 0.719 bits per heavy atom. The largest absolute Gasteiger partial charge is 0.355 e. The summed E-state index contributed by atoms with van der Waals surface area (Å²) in [5.41, 5.74) is 19.2. The third-order valence-electron chi connectivity index (χ3n) is 18.1. The average molecular weight is 1170 g/mol. The Bertz CT molecular complexity index is 5330. The fourth-order valence-corrected chi connectivity index (χ4v) is 13.9. The van der Waals surface area contributed by atoms with Crippen molar-refractivity contribution in [1.82, 2.24) is 39.5 Å². The Balaban J connectivity index is 0.000000119. The van der Waals surface area contributed by atoms with Crippen LogP contribution in [0.25, 0.3) is 139 Å². The van der Waals surface area contributed by atoms with Gasteiger partial charge in [0.25, 0.3) is 0 Å². The van der Waals surface area contributed by atoms with Crippen molar-refractivity contribution >= 4 is 76.8 Å². The van der Waals surface area contributed by atoms with E-state index < -0.39 is 0 Å². The predicted octanol–water partition coefficient (Wildman–Crippen LogP) is 20.4. The summed E-state index contributed by atoms with van der Waals surface area (Å²) in [5.74, 6) is 3.09. The van der Waals surface area contributed by atoms with E-state index in [1.807, 2.05) is 97.1 Å². The standard InChI is InChI=1S/C40H28N4.C25H19N.C15H10ClN3/c1-40(2)32-22-21-25-13-9-10-18-28(25)36(32)31-23-30-29-19-11-12-20-34(29)44(35(30)24-33(31)40)39-42-37(26-14-5-3-6-15-26)41-38(43-39)27-16-7-4-8-17-27;1-25(2)20-12-11-15-7-3-4-8-16(15)24(20)19-13-18-17-9-5-6-10-22(17)26-23(18)14-21(19)25;16-15-18-13(11-7-3-1-4-8-11)17-14(19-15)12-9-5-2-6-10-12/h3-24H,1-2H3;3-14,26H,1-2H3;1-10H. The first kappa shape index (κ1) is 53.5. The maximum Gasteiger partial charge on any atom is 0.238 e. The number of nitrogens with zero attached hydrogens (tertiary/aromatic N) is 7. The zero-order valence-corrected chi connectivity index (χ0v) is 50.2. The number of halogens is 1. The minimum atomic E-state index is -0.159. The van der Waals surface area contributed by atoms with E-state index in [1.54, 1.807) is 0 Å². The van der Waals surface area contributed by atoms with E-state index in [-0.39, 0.29) is 16.1 Å². The fourth-order valence-electron chi connectivity index (χ4n) is 13.7. The lowest BCUT2D eigenvalue weighted by Crippen LogP contribution is -2.15. The summed E-state index contributed by atoms with van der Waals surface area (Å²) in [5, 5.41) is 10.4. The number of nitrogens with one attached hydrogen (secondary N) is 1. The van der Waals surface area contributed by atoms with E-state index in [9.17, 15) is 0 Å². The van der Waals surface area contributed by atoms with Crippen LogP contribution in [0.4, 0.5) is 0 Å². The molecule has 12 aromatic carbocycles. The van der Waals surface area contributed by atoms with Gasteiger partial charge in [-0.15, -0.1) is 0 Å². The maximum absolute atomic E-state index is 5.99. The second-order valence-corrected chi connectivity index (χ2v) is 24.4. The van der Waals surface area contributed by atoms with Gasteiger partial charge in [-0.05, 0) is 114 Å². The molecular formula is C80H57ClN8. The summed E-state index contributed by atoms with van der Waals surface area (Å²) in [6.45, 7) is 9.38. The summed E-state index contributed by atoms with van der Waals surface area (Å²) in [6, 6.07) is 93.2. The maximum atomic E-state index is 5.99. The second kappa shape index (κ2) is 21.2. The van der Waals surface area contributed by atoms with Gasteiger partial charge in [0, 0.05) is 65.7 Å². The molecule has 0 atom stereocenters. The number of para-hydroxylation sites is 2. The molecule has 16 aromatic rings. The van der Waals surface area contributed by atoms with E-state index in [0.717, 1.165) is 33.3 Å². The van der Waals surface area contributed by atoms with E-state index >= 15 is 0 Å². The van der Waals surface area contributed by atoms with Gasteiger partial charge in [-0.1, -0.05) is 258 Å². The van der Waals surface area contributed by atoms with Crippen molar-refractivity contribution in [3.05, 3.63) is 294 Å². The first-order valence-corrected chi connectivity index (χ1v) is 30.5. The van der Waals surface area contributed by atoms with E-state index in [1.165, 1.54) is 98.6 Å². The minimum Gasteiger partial charge on any atom is -0.355 e. The lowest BCUT2D eigenvalue weighted by Gasteiger charge is -2.22. The molecule has 8 nitrogen and oxygen atoms in total. The molecule has 0 saturated carbocycles. The molecule has 0 unspecified atom stereocenters. The summed E-state index contributed by atoms with van der Waals surface area (Å²) in [6.07, 6.45) is 0. The first-order valence-electron chi connectivity index (χ1n) is 30.1. The molecule has 0 bridgehead atoms. The normalized spacial score (nSPS) is 13.2. The number of benzene rings is 12. The molecule has 424 valence electrons. The fraction of sp³-hybridized carbons (Fsp3) is 0.0750. The number of fused-ring (bicyclic) bond motifs is 16. The van der Waals surface area contributed by atoms with Crippen LogP contribution in [0.15, 0.2) is 267 Å². The van der Waals surface area contributed by atoms with E-state index in [4.69, 9.17) is 26.6 Å². The molecule has 0 amide bonds. The number of hydrogen-bond acceptors (Lipinski definition) is 6. The molecule has 9 heteroatoms. The highest BCUT2D eigenvalue weighted by atomic mass is 35.5. The second-order valence-electron chi connectivity index (χ2n) is 24.0. The molecule has 0 aliphatic heterocycles. The van der Waals surface area contributed by atoms with Crippen LogP contribution in [0, 0.1) is 0 Å². The van der Waals surface area contributed by atoms with Crippen molar-refractivity contribution in [3.63, 3.8) is 0 Å². The molecule has 4 heterocycles.